The summed E-state index contributed by atoms with van der Waals surface area (Å²) < 4.78 is 5.11. The number of nitrogens with one attached hydrogen (secondary N) is 1. The topological polar surface area (TPSA) is 20.2 Å². The summed E-state index contributed by atoms with van der Waals surface area (Å²) in [6.07, 6.45) is 0. The Hall–Kier alpha value is -4.90. The van der Waals surface area contributed by atoms with Crippen LogP contribution in [0.3, 0.4) is 0 Å². The molecular formula is C38H27N3S. The van der Waals surface area contributed by atoms with Gasteiger partial charge in [0.05, 0.1) is 29.3 Å². The monoisotopic (exact) mass is 557 g/mol. The predicted octanol–water partition coefficient (Wildman–Crippen LogP) is 9.77. The Balaban J connectivity index is 1.11. The van der Waals surface area contributed by atoms with E-state index in [1.807, 2.05) is 11.3 Å². The molecule has 8 aromatic rings. The van der Waals surface area contributed by atoms with Crippen LogP contribution in [0.5, 0.6) is 0 Å². The fourth-order valence-electron chi connectivity index (χ4n) is 6.70. The van der Waals surface area contributed by atoms with Crippen LogP contribution in [0.15, 0.2) is 140 Å². The first-order chi connectivity index (χ1) is 20.8. The summed E-state index contributed by atoms with van der Waals surface area (Å²) in [5.41, 5.74) is 12.5. The second-order valence-electron chi connectivity index (χ2n) is 11.1. The Morgan fingerprint density at radius 2 is 1.31 bits per heavy atom. The third-order valence-corrected chi connectivity index (χ3v) is 9.80. The van der Waals surface area contributed by atoms with Gasteiger partial charge in [0.2, 0.25) is 0 Å². The lowest BCUT2D eigenvalue weighted by atomic mass is 9.99. The van der Waals surface area contributed by atoms with Crippen molar-refractivity contribution in [2.75, 3.05) is 5.01 Å². The number of benzene rings is 6. The number of rotatable bonds is 4. The fraction of sp³-hybridized carbons (Fsp3) is 0.0526. The molecule has 42 heavy (non-hydrogen) atoms. The molecule has 0 aliphatic carbocycles. The molecule has 1 unspecified atom stereocenters. The summed E-state index contributed by atoms with van der Waals surface area (Å²) in [4.78, 5) is 0. The normalized spacial score (nSPS) is 14.9. The van der Waals surface area contributed by atoms with Gasteiger partial charge >= 0.3 is 0 Å². The third-order valence-electron chi connectivity index (χ3n) is 8.66. The van der Waals surface area contributed by atoms with E-state index in [1.54, 1.807) is 0 Å². The first-order valence-electron chi connectivity index (χ1n) is 14.4. The van der Waals surface area contributed by atoms with Gasteiger partial charge in [-0.3, -0.25) is 0 Å². The lowest BCUT2D eigenvalue weighted by Gasteiger charge is -2.21. The van der Waals surface area contributed by atoms with Crippen molar-refractivity contribution in [1.29, 1.82) is 0 Å². The van der Waals surface area contributed by atoms with Crippen LogP contribution in [0.2, 0.25) is 0 Å². The summed E-state index contributed by atoms with van der Waals surface area (Å²) in [5.74, 6) is 0. The van der Waals surface area contributed by atoms with Gasteiger partial charge in [-0.1, -0.05) is 97.1 Å². The van der Waals surface area contributed by atoms with E-state index in [-0.39, 0.29) is 6.04 Å². The van der Waals surface area contributed by atoms with Crippen LogP contribution in [0.25, 0.3) is 47.7 Å². The average molecular weight is 558 g/mol. The van der Waals surface area contributed by atoms with E-state index in [1.165, 1.54) is 70.0 Å². The summed E-state index contributed by atoms with van der Waals surface area (Å²) in [6.45, 7) is 0.787. The number of fused-ring (bicyclic) bond motifs is 7. The molecule has 1 aliphatic rings. The molecule has 200 valence electrons. The smallest absolute Gasteiger partial charge is 0.0783 e. The Morgan fingerprint density at radius 1 is 0.571 bits per heavy atom. The molecule has 0 radical (unpaired) electrons. The number of hydrogen-bond donors (Lipinski definition) is 1. The van der Waals surface area contributed by atoms with Crippen molar-refractivity contribution in [3.05, 3.63) is 156 Å². The zero-order valence-corrected chi connectivity index (χ0v) is 23.7. The molecule has 6 aromatic carbocycles. The van der Waals surface area contributed by atoms with Gasteiger partial charge in [-0.2, -0.15) is 0 Å². The van der Waals surface area contributed by atoms with E-state index in [4.69, 9.17) is 0 Å². The maximum Gasteiger partial charge on any atom is 0.0783 e. The Bertz CT molecular complexity index is 2260. The lowest BCUT2D eigenvalue weighted by molar-refractivity contribution is 0.604. The number of hydrogen-bond acceptors (Lipinski definition) is 3. The van der Waals surface area contributed by atoms with Gasteiger partial charge in [-0.25, -0.2) is 5.43 Å². The molecule has 1 N–H and O–H groups in total. The molecule has 3 heterocycles. The lowest BCUT2D eigenvalue weighted by Crippen LogP contribution is -2.34. The molecule has 3 nitrogen and oxygen atoms in total. The Kier molecular flexibility index (Phi) is 5.27. The highest BCUT2D eigenvalue weighted by Crippen LogP contribution is 2.41. The van der Waals surface area contributed by atoms with Crippen molar-refractivity contribution in [3.63, 3.8) is 0 Å². The highest BCUT2D eigenvalue weighted by atomic mass is 32.1. The van der Waals surface area contributed by atoms with E-state index in [0.717, 1.165) is 6.54 Å². The highest BCUT2D eigenvalue weighted by Gasteiger charge is 2.28. The second kappa shape index (κ2) is 9.31. The molecular weight excluding hydrogens is 531 g/mol. The number of anilines is 1. The minimum atomic E-state index is 0.157. The van der Waals surface area contributed by atoms with Crippen LogP contribution in [0.1, 0.15) is 22.7 Å². The quantitative estimate of drug-likeness (QED) is 0.232. The minimum absolute atomic E-state index is 0.157. The van der Waals surface area contributed by atoms with E-state index in [9.17, 15) is 0 Å². The Labute approximate surface area is 247 Å². The van der Waals surface area contributed by atoms with E-state index < -0.39 is 0 Å². The van der Waals surface area contributed by atoms with Crippen LogP contribution in [0, 0.1) is 0 Å². The fourth-order valence-corrected chi connectivity index (χ4v) is 7.83. The standard InChI is InChI=1S/C38H27N3S/c1-2-10-26(11-3-1)38-30-14-5-7-15-33(30)40(39-38)24-25-18-20-27(21-19-25)41-34-16-8-4-12-28(34)31-23-37-32(22-35(31)41)29-13-6-9-17-36(29)42-37/h1-23,38-39H,24H2. The van der Waals surface area contributed by atoms with Gasteiger partial charge in [0, 0.05) is 42.2 Å². The minimum Gasteiger partial charge on any atom is -0.309 e. The molecule has 0 bridgehead atoms. The van der Waals surface area contributed by atoms with Crippen LogP contribution < -0.4 is 10.4 Å². The summed E-state index contributed by atoms with van der Waals surface area (Å²) >= 11 is 1.88. The molecule has 4 heteroatoms. The molecule has 0 saturated heterocycles. The molecule has 1 aliphatic heterocycles. The molecule has 0 amide bonds. The number of thiophene rings is 1. The molecule has 0 fully saturated rings. The van der Waals surface area contributed by atoms with Gasteiger partial charge in [-0.05, 0) is 53.6 Å². The number of hydrazine groups is 1. The van der Waals surface area contributed by atoms with Gasteiger partial charge in [0.15, 0.2) is 0 Å². The van der Waals surface area contributed by atoms with Crippen LogP contribution in [-0.4, -0.2) is 4.57 Å². The second-order valence-corrected chi connectivity index (χ2v) is 12.2. The molecule has 9 rings (SSSR count). The number of aromatic nitrogens is 1. The SMILES string of the molecule is c1ccc(C2NN(Cc3ccc(-n4c5ccccc5c5cc6sc7ccccc7c6cc54)cc3)c3ccccc32)cc1. The average Bonchev–Trinajstić information content (AvgIpc) is 3.70. The Morgan fingerprint density at radius 3 is 2.19 bits per heavy atom. The summed E-state index contributed by atoms with van der Waals surface area (Å²) in [7, 11) is 0. The molecule has 0 saturated carbocycles. The van der Waals surface area contributed by atoms with Gasteiger partial charge in [0.1, 0.15) is 0 Å². The summed E-state index contributed by atoms with van der Waals surface area (Å²) in [6, 6.07) is 51.0. The molecule has 1 atom stereocenters. The molecule has 2 aromatic heterocycles. The zero-order chi connectivity index (χ0) is 27.6. The first-order valence-corrected chi connectivity index (χ1v) is 15.2. The maximum absolute atomic E-state index is 3.77. The van der Waals surface area contributed by atoms with Crippen molar-refractivity contribution < 1.29 is 0 Å². The zero-order valence-electron chi connectivity index (χ0n) is 22.9. The molecule has 0 spiro atoms. The van der Waals surface area contributed by atoms with Gasteiger partial charge < -0.3 is 9.58 Å². The van der Waals surface area contributed by atoms with Crippen LogP contribution in [-0.2, 0) is 6.54 Å². The third kappa shape index (κ3) is 3.63. The van der Waals surface area contributed by atoms with E-state index in [2.05, 4.69) is 155 Å². The number of nitrogens with zero attached hydrogens (tertiary/aromatic N) is 2. The first kappa shape index (κ1) is 23.8. The van der Waals surface area contributed by atoms with Crippen LogP contribution in [0.4, 0.5) is 5.69 Å². The van der Waals surface area contributed by atoms with Gasteiger partial charge in [-0.15, -0.1) is 11.3 Å². The van der Waals surface area contributed by atoms with Crippen LogP contribution >= 0.6 is 11.3 Å². The largest absolute Gasteiger partial charge is 0.309 e. The van der Waals surface area contributed by atoms with E-state index >= 15 is 0 Å². The van der Waals surface area contributed by atoms with Crippen molar-refractivity contribution in [1.82, 2.24) is 9.99 Å². The van der Waals surface area contributed by atoms with Crippen molar-refractivity contribution >= 4 is 59.0 Å². The van der Waals surface area contributed by atoms with Crippen molar-refractivity contribution in [2.24, 2.45) is 0 Å². The van der Waals surface area contributed by atoms with E-state index in [0.29, 0.717) is 0 Å². The van der Waals surface area contributed by atoms with Crippen molar-refractivity contribution in [2.45, 2.75) is 12.6 Å². The predicted molar refractivity (Wildman–Crippen MR) is 178 cm³/mol. The van der Waals surface area contributed by atoms with Gasteiger partial charge in [0.25, 0.3) is 0 Å². The maximum atomic E-state index is 3.77. The summed E-state index contributed by atoms with van der Waals surface area (Å²) in [5, 5.41) is 7.55. The van der Waals surface area contributed by atoms with Crippen molar-refractivity contribution in [3.8, 4) is 5.69 Å². The highest BCUT2D eigenvalue weighted by molar-refractivity contribution is 7.25. The number of para-hydroxylation sites is 2.